The number of carbonyl (C=O) groups excluding carboxylic acids is 3. The fourth-order valence-electron chi connectivity index (χ4n) is 6.45. The van der Waals surface area contributed by atoms with Crippen LogP contribution in [0.1, 0.15) is 135 Å². The van der Waals surface area contributed by atoms with Crippen LogP contribution in [0.15, 0.2) is 105 Å². The van der Waals surface area contributed by atoms with Crippen LogP contribution in [0, 0.1) is 5.92 Å². The summed E-state index contributed by atoms with van der Waals surface area (Å²) in [6.07, 6.45) is 14.8. The van der Waals surface area contributed by atoms with Crippen LogP contribution >= 0.6 is 23.5 Å². The van der Waals surface area contributed by atoms with Crippen molar-refractivity contribution in [3.05, 3.63) is 113 Å². The highest BCUT2D eigenvalue weighted by molar-refractivity contribution is 7.99. The fourth-order valence-corrected chi connectivity index (χ4v) is 8.40. The number of unbranched alkanes of at least 4 members (excludes halogenated alkanes) is 7. The van der Waals surface area contributed by atoms with Crippen molar-refractivity contribution in [1.29, 1.82) is 0 Å². The van der Waals surface area contributed by atoms with Gasteiger partial charge in [0.15, 0.2) is 11.6 Å². The summed E-state index contributed by atoms with van der Waals surface area (Å²) in [5.41, 5.74) is 3.14. The van der Waals surface area contributed by atoms with E-state index in [1.807, 2.05) is 36.4 Å². The summed E-state index contributed by atoms with van der Waals surface area (Å²) in [4.78, 5) is 44.0. The molecule has 0 spiro atoms. The number of rotatable bonds is 19. The SMILES string of the molecule is CCCCCCCCc1ccc(Sc2cccc3c2C(=O)c2cccc(Sc4ccc(OC(=O)CCC(C)CCCCC)cc4)c2C3=O)cc1. The Kier molecular flexibility index (Phi) is 14.4. The second-order valence-electron chi connectivity index (χ2n) is 13.5. The van der Waals surface area contributed by atoms with Gasteiger partial charge in [-0.3, -0.25) is 14.4 Å². The number of fused-ring (bicyclic) bond motifs is 2. The number of benzene rings is 4. The average Bonchev–Trinajstić information content (AvgIpc) is 3.12. The molecule has 1 atom stereocenters. The van der Waals surface area contributed by atoms with Gasteiger partial charge in [0.25, 0.3) is 0 Å². The van der Waals surface area contributed by atoms with Crippen molar-refractivity contribution in [3.8, 4) is 5.75 Å². The Labute approximate surface area is 307 Å². The zero-order chi connectivity index (χ0) is 35.3. The van der Waals surface area contributed by atoms with Gasteiger partial charge in [-0.2, -0.15) is 0 Å². The first kappa shape index (κ1) is 37.6. The van der Waals surface area contributed by atoms with Gasteiger partial charge in [-0.05, 0) is 79.3 Å². The van der Waals surface area contributed by atoms with Gasteiger partial charge in [0, 0.05) is 48.3 Å². The monoisotopic (exact) mass is 706 g/mol. The molecule has 0 aromatic heterocycles. The fraction of sp³-hybridized carbons (Fsp3) is 0.386. The van der Waals surface area contributed by atoms with Crippen LogP contribution in [0.3, 0.4) is 0 Å². The molecule has 0 aliphatic heterocycles. The molecule has 4 nitrogen and oxygen atoms in total. The number of ether oxygens (including phenoxy) is 1. The lowest BCUT2D eigenvalue weighted by atomic mass is 9.84. The number of carbonyl (C=O) groups is 3. The summed E-state index contributed by atoms with van der Waals surface area (Å²) in [5, 5.41) is 0. The predicted molar refractivity (Wildman–Crippen MR) is 206 cm³/mol. The van der Waals surface area contributed by atoms with Gasteiger partial charge in [-0.15, -0.1) is 0 Å². The number of ketones is 2. The molecule has 0 heterocycles. The minimum absolute atomic E-state index is 0.123. The van der Waals surface area contributed by atoms with Gasteiger partial charge in [0.1, 0.15) is 5.75 Å². The van der Waals surface area contributed by atoms with Gasteiger partial charge in [-0.1, -0.05) is 138 Å². The van der Waals surface area contributed by atoms with Crippen molar-refractivity contribution >= 4 is 41.1 Å². The highest BCUT2D eigenvalue weighted by atomic mass is 32.2. The van der Waals surface area contributed by atoms with E-state index in [1.165, 1.54) is 86.9 Å². The van der Waals surface area contributed by atoms with E-state index in [1.54, 1.807) is 24.3 Å². The van der Waals surface area contributed by atoms with Crippen molar-refractivity contribution in [3.63, 3.8) is 0 Å². The highest BCUT2D eigenvalue weighted by Gasteiger charge is 2.33. The number of esters is 1. The van der Waals surface area contributed by atoms with Gasteiger partial charge in [0.2, 0.25) is 0 Å². The van der Waals surface area contributed by atoms with Crippen LogP contribution < -0.4 is 4.74 Å². The number of hydrogen-bond acceptors (Lipinski definition) is 6. The molecule has 4 aromatic carbocycles. The van der Waals surface area contributed by atoms with Crippen molar-refractivity contribution in [2.24, 2.45) is 5.92 Å². The topological polar surface area (TPSA) is 60.4 Å². The zero-order valence-corrected chi connectivity index (χ0v) is 31.4. The maximum atomic E-state index is 14.0. The molecule has 0 saturated heterocycles. The first-order valence-electron chi connectivity index (χ1n) is 18.5. The molecule has 262 valence electrons. The van der Waals surface area contributed by atoms with Crippen molar-refractivity contribution in [2.45, 2.75) is 124 Å². The maximum absolute atomic E-state index is 14.0. The van der Waals surface area contributed by atoms with Crippen molar-refractivity contribution in [2.75, 3.05) is 0 Å². The van der Waals surface area contributed by atoms with Crippen molar-refractivity contribution < 1.29 is 19.1 Å². The summed E-state index contributed by atoms with van der Waals surface area (Å²) >= 11 is 2.97. The van der Waals surface area contributed by atoms with Gasteiger partial charge in [-0.25, -0.2) is 0 Å². The molecule has 0 N–H and O–H groups in total. The molecule has 4 aromatic rings. The molecule has 6 heteroatoms. The summed E-state index contributed by atoms with van der Waals surface area (Å²) in [7, 11) is 0. The average molecular weight is 707 g/mol. The Bertz CT molecular complexity index is 1740. The van der Waals surface area contributed by atoms with E-state index in [0.29, 0.717) is 40.3 Å². The Morgan fingerprint density at radius 1 is 0.620 bits per heavy atom. The smallest absolute Gasteiger partial charge is 0.311 e. The molecule has 1 aliphatic rings. The van der Waals surface area contributed by atoms with E-state index in [9.17, 15) is 14.4 Å². The molecule has 1 unspecified atom stereocenters. The molecule has 5 rings (SSSR count). The van der Waals surface area contributed by atoms with E-state index in [4.69, 9.17) is 4.74 Å². The van der Waals surface area contributed by atoms with Crippen LogP contribution in [0.2, 0.25) is 0 Å². The lowest BCUT2D eigenvalue weighted by Crippen LogP contribution is -2.22. The van der Waals surface area contributed by atoms with E-state index >= 15 is 0 Å². The summed E-state index contributed by atoms with van der Waals surface area (Å²) in [5.74, 6) is 0.537. The first-order valence-corrected chi connectivity index (χ1v) is 20.1. The third-order valence-electron chi connectivity index (χ3n) is 9.39. The first-order chi connectivity index (χ1) is 24.4. The lowest BCUT2D eigenvalue weighted by Gasteiger charge is -2.22. The molecular formula is C44H50O4S2. The maximum Gasteiger partial charge on any atom is 0.311 e. The summed E-state index contributed by atoms with van der Waals surface area (Å²) < 4.78 is 5.60. The summed E-state index contributed by atoms with van der Waals surface area (Å²) in [6, 6.07) is 27.0. The standard InChI is InChI=1S/C44H50O4S2/c1-4-6-8-9-10-12-16-32-22-26-34(27-23-32)49-38-19-13-17-36-41(38)43(46)37-18-14-20-39(42(37)44(36)47)50-35-28-24-33(25-29-35)48-40(45)30-21-31(3)15-11-7-5-2/h13-14,17-20,22-29,31H,4-12,15-16,21,30H2,1-3H3. The molecule has 0 amide bonds. The molecule has 50 heavy (non-hydrogen) atoms. The predicted octanol–water partition coefficient (Wildman–Crippen LogP) is 12.6. The van der Waals surface area contributed by atoms with Gasteiger partial charge in [0.05, 0.1) is 0 Å². The quantitative estimate of drug-likeness (QED) is 0.0484. The zero-order valence-electron chi connectivity index (χ0n) is 29.8. The molecule has 0 saturated carbocycles. The van der Waals surface area contributed by atoms with E-state index in [-0.39, 0.29) is 17.5 Å². The minimum Gasteiger partial charge on any atom is -0.427 e. The second-order valence-corrected chi connectivity index (χ2v) is 15.7. The minimum atomic E-state index is -0.217. The third kappa shape index (κ3) is 10.2. The van der Waals surface area contributed by atoms with Gasteiger partial charge >= 0.3 is 5.97 Å². The third-order valence-corrected chi connectivity index (χ3v) is 11.5. The highest BCUT2D eigenvalue weighted by Crippen LogP contribution is 2.41. The number of hydrogen-bond donors (Lipinski definition) is 0. The Morgan fingerprint density at radius 3 is 1.72 bits per heavy atom. The Hall–Kier alpha value is -3.61. The van der Waals surface area contributed by atoms with Crippen LogP contribution in [-0.2, 0) is 11.2 Å². The van der Waals surface area contributed by atoms with E-state index in [2.05, 4.69) is 45.0 Å². The van der Waals surface area contributed by atoms with E-state index < -0.39 is 0 Å². The lowest BCUT2D eigenvalue weighted by molar-refractivity contribution is -0.134. The van der Waals surface area contributed by atoms with Crippen LogP contribution in [-0.4, -0.2) is 17.5 Å². The van der Waals surface area contributed by atoms with Gasteiger partial charge < -0.3 is 4.74 Å². The van der Waals surface area contributed by atoms with Crippen molar-refractivity contribution in [1.82, 2.24) is 0 Å². The molecule has 0 radical (unpaired) electrons. The molecule has 0 bridgehead atoms. The van der Waals surface area contributed by atoms with E-state index in [0.717, 1.165) is 38.8 Å². The second kappa shape index (κ2) is 19.1. The normalized spacial score (nSPS) is 12.8. The Balaban J connectivity index is 1.22. The molecule has 1 aliphatic carbocycles. The number of aryl methyl sites for hydroxylation is 1. The van der Waals surface area contributed by atoms with Crippen LogP contribution in [0.5, 0.6) is 5.75 Å². The molecule has 0 fully saturated rings. The Morgan fingerprint density at radius 2 is 1.14 bits per heavy atom. The van der Waals surface area contributed by atoms with Crippen LogP contribution in [0.4, 0.5) is 0 Å². The van der Waals surface area contributed by atoms with Crippen LogP contribution in [0.25, 0.3) is 0 Å². The largest absolute Gasteiger partial charge is 0.427 e. The summed E-state index contributed by atoms with van der Waals surface area (Å²) in [6.45, 7) is 6.64. The molecular weight excluding hydrogens is 657 g/mol.